The zero-order valence-electron chi connectivity index (χ0n) is 17.3. The number of oxazole rings is 1. The highest BCUT2D eigenvalue weighted by molar-refractivity contribution is 7.91. The lowest BCUT2D eigenvalue weighted by Crippen LogP contribution is -2.09. The predicted molar refractivity (Wildman–Crippen MR) is 119 cm³/mol. The van der Waals surface area contributed by atoms with Crippen LogP contribution in [0.5, 0.6) is 5.75 Å². The monoisotopic (exact) mass is 452 g/mol. The van der Waals surface area contributed by atoms with E-state index in [1.165, 1.54) is 30.3 Å². The predicted octanol–water partition coefficient (Wildman–Crippen LogP) is 4.98. The van der Waals surface area contributed by atoms with Crippen molar-refractivity contribution in [2.24, 2.45) is 0 Å². The first kappa shape index (κ1) is 21.6. The molecule has 0 aliphatic heterocycles. The molecule has 0 bridgehead atoms. The molecule has 1 N–H and O–H groups in total. The van der Waals surface area contributed by atoms with Gasteiger partial charge in [0.2, 0.25) is 26.6 Å². The summed E-state index contributed by atoms with van der Waals surface area (Å²) in [6.07, 6.45) is 0.602. The van der Waals surface area contributed by atoms with E-state index in [-0.39, 0.29) is 27.3 Å². The summed E-state index contributed by atoms with van der Waals surface area (Å²) in [7, 11) is -2.38. The smallest absolute Gasteiger partial charge is 0.233 e. The Morgan fingerprint density at radius 3 is 2.34 bits per heavy atom. The molecule has 0 aliphatic carbocycles. The molecule has 0 amide bonds. The fraction of sp³-hybridized carbons (Fsp3) is 0.125. The molecule has 164 valence electrons. The lowest BCUT2D eigenvalue weighted by molar-refractivity contribution is 0.414. The van der Waals surface area contributed by atoms with Gasteiger partial charge in [0, 0.05) is 6.54 Å². The second-order valence-electron chi connectivity index (χ2n) is 6.97. The van der Waals surface area contributed by atoms with Crippen LogP contribution in [-0.4, -0.2) is 27.1 Å². The van der Waals surface area contributed by atoms with Crippen molar-refractivity contribution >= 4 is 15.7 Å². The van der Waals surface area contributed by atoms with E-state index in [0.29, 0.717) is 13.0 Å². The summed E-state index contributed by atoms with van der Waals surface area (Å²) < 4.78 is 51.6. The van der Waals surface area contributed by atoms with Crippen LogP contribution in [0.1, 0.15) is 5.56 Å². The van der Waals surface area contributed by atoms with Crippen molar-refractivity contribution in [2.75, 3.05) is 19.0 Å². The number of rotatable bonds is 8. The van der Waals surface area contributed by atoms with E-state index in [0.717, 1.165) is 11.3 Å². The minimum absolute atomic E-state index is 0.0272. The van der Waals surface area contributed by atoms with Crippen LogP contribution < -0.4 is 10.1 Å². The van der Waals surface area contributed by atoms with E-state index >= 15 is 0 Å². The van der Waals surface area contributed by atoms with E-state index < -0.39 is 15.7 Å². The van der Waals surface area contributed by atoms with Gasteiger partial charge in [-0.3, -0.25) is 0 Å². The molecule has 0 saturated heterocycles. The second kappa shape index (κ2) is 9.23. The number of hydrogen-bond acceptors (Lipinski definition) is 6. The van der Waals surface area contributed by atoms with Crippen LogP contribution in [0.3, 0.4) is 0 Å². The van der Waals surface area contributed by atoms with E-state index in [2.05, 4.69) is 10.3 Å². The highest BCUT2D eigenvalue weighted by Crippen LogP contribution is 2.33. The van der Waals surface area contributed by atoms with Gasteiger partial charge in [-0.05, 0) is 48.4 Å². The quantitative estimate of drug-likeness (QED) is 0.406. The maximum absolute atomic E-state index is 14.3. The van der Waals surface area contributed by atoms with E-state index in [9.17, 15) is 12.8 Å². The van der Waals surface area contributed by atoms with Crippen molar-refractivity contribution in [1.82, 2.24) is 4.98 Å². The molecule has 0 radical (unpaired) electrons. The Bertz CT molecular complexity index is 1300. The van der Waals surface area contributed by atoms with Crippen LogP contribution in [0.15, 0.2) is 93.2 Å². The van der Waals surface area contributed by atoms with Gasteiger partial charge in [0.15, 0.2) is 0 Å². The van der Waals surface area contributed by atoms with Crippen molar-refractivity contribution in [1.29, 1.82) is 0 Å². The summed E-state index contributed by atoms with van der Waals surface area (Å²) in [5.74, 6) is 0.0649. The number of anilines is 1. The molecule has 4 aromatic rings. The number of aromatic nitrogens is 1. The normalized spacial score (nSPS) is 11.3. The van der Waals surface area contributed by atoms with Crippen LogP contribution in [0.25, 0.3) is 11.5 Å². The van der Waals surface area contributed by atoms with E-state index in [4.69, 9.17) is 9.15 Å². The average molecular weight is 453 g/mol. The minimum Gasteiger partial charge on any atom is -0.497 e. The number of halogens is 1. The Balaban J connectivity index is 1.65. The summed E-state index contributed by atoms with van der Waals surface area (Å²) in [5, 5.41) is 2.73. The topological polar surface area (TPSA) is 81.4 Å². The molecule has 0 aliphatic rings. The van der Waals surface area contributed by atoms with Crippen LogP contribution >= 0.6 is 0 Å². The Labute approximate surface area is 185 Å². The lowest BCUT2D eigenvalue weighted by Gasteiger charge is -2.07. The molecule has 1 aromatic heterocycles. The van der Waals surface area contributed by atoms with Gasteiger partial charge in [-0.1, -0.05) is 42.5 Å². The SMILES string of the molecule is COc1ccc(CCNc2oc(-c3ccccc3F)nc2S(=O)(=O)c2ccccc2)cc1. The Kier molecular flexibility index (Phi) is 6.23. The zero-order valence-corrected chi connectivity index (χ0v) is 18.1. The number of sulfone groups is 1. The highest BCUT2D eigenvalue weighted by atomic mass is 32.2. The maximum Gasteiger partial charge on any atom is 0.233 e. The molecule has 1 heterocycles. The van der Waals surface area contributed by atoms with E-state index in [1.807, 2.05) is 24.3 Å². The average Bonchev–Trinajstić information content (AvgIpc) is 3.25. The van der Waals surface area contributed by atoms with Crippen LogP contribution in [0.2, 0.25) is 0 Å². The summed E-state index contributed by atoms with van der Waals surface area (Å²) in [6, 6.07) is 21.4. The van der Waals surface area contributed by atoms with Gasteiger partial charge >= 0.3 is 0 Å². The number of ether oxygens (including phenoxy) is 1. The summed E-state index contributed by atoms with van der Waals surface area (Å²) in [4.78, 5) is 4.24. The molecule has 32 heavy (non-hydrogen) atoms. The van der Waals surface area contributed by atoms with Crippen LogP contribution in [0.4, 0.5) is 10.3 Å². The van der Waals surface area contributed by atoms with Gasteiger partial charge < -0.3 is 14.5 Å². The van der Waals surface area contributed by atoms with Gasteiger partial charge in [-0.15, -0.1) is 0 Å². The molecular weight excluding hydrogens is 431 g/mol. The zero-order chi connectivity index (χ0) is 22.6. The molecule has 3 aromatic carbocycles. The molecule has 8 heteroatoms. The largest absolute Gasteiger partial charge is 0.497 e. The molecule has 6 nitrogen and oxygen atoms in total. The molecule has 4 rings (SSSR count). The van der Waals surface area contributed by atoms with Gasteiger partial charge in [-0.2, -0.15) is 4.98 Å². The first-order chi connectivity index (χ1) is 15.5. The fourth-order valence-corrected chi connectivity index (χ4v) is 4.47. The number of methoxy groups -OCH3 is 1. The summed E-state index contributed by atoms with van der Waals surface area (Å²) in [6.45, 7) is 0.384. The van der Waals surface area contributed by atoms with Crippen molar-refractivity contribution in [2.45, 2.75) is 16.3 Å². The van der Waals surface area contributed by atoms with Gasteiger partial charge in [0.1, 0.15) is 11.6 Å². The molecule has 0 atom stereocenters. The molecule has 0 unspecified atom stereocenters. The molecular formula is C24H21FN2O4S. The minimum atomic E-state index is -3.98. The number of nitrogens with zero attached hydrogens (tertiary/aromatic N) is 1. The maximum atomic E-state index is 14.3. The van der Waals surface area contributed by atoms with Gasteiger partial charge in [-0.25, -0.2) is 12.8 Å². The highest BCUT2D eigenvalue weighted by Gasteiger charge is 2.29. The number of hydrogen-bond donors (Lipinski definition) is 1. The molecule has 0 fully saturated rings. The summed E-state index contributed by atoms with van der Waals surface area (Å²) in [5.41, 5.74) is 1.11. The second-order valence-corrected chi connectivity index (χ2v) is 8.84. The van der Waals surface area contributed by atoms with Crippen molar-refractivity contribution in [3.05, 3.63) is 90.2 Å². The number of benzene rings is 3. The van der Waals surface area contributed by atoms with Crippen molar-refractivity contribution in [3.63, 3.8) is 0 Å². The third-order valence-corrected chi connectivity index (χ3v) is 6.55. The molecule has 0 spiro atoms. The third kappa shape index (κ3) is 4.50. The van der Waals surface area contributed by atoms with Crippen molar-refractivity contribution < 1.29 is 22.0 Å². The fourth-order valence-electron chi connectivity index (χ4n) is 3.17. The third-order valence-electron chi connectivity index (χ3n) is 4.87. The first-order valence-electron chi connectivity index (χ1n) is 9.91. The first-order valence-corrected chi connectivity index (χ1v) is 11.4. The van der Waals surface area contributed by atoms with E-state index in [1.54, 1.807) is 31.4 Å². The lowest BCUT2D eigenvalue weighted by atomic mass is 10.1. The van der Waals surface area contributed by atoms with Gasteiger partial charge in [0.05, 0.1) is 17.6 Å². The summed E-state index contributed by atoms with van der Waals surface area (Å²) >= 11 is 0. The Morgan fingerprint density at radius 1 is 0.969 bits per heavy atom. The van der Waals surface area contributed by atoms with Crippen LogP contribution in [-0.2, 0) is 16.3 Å². The van der Waals surface area contributed by atoms with Gasteiger partial charge in [0.25, 0.3) is 0 Å². The standard InChI is InChI=1S/C24H21FN2O4S/c1-30-18-13-11-17(12-14-18)15-16-26-23-24(32(28,29)19-7-3-2-4-8-19)27-22(31-23)20-9-5-6-10-21(20)25/h2-14,26H,15-16H2,1H3. The van der Waals surface area contributed by atoms with Crippen LogP contribution in [0, 0.1) is 5.82 Å². The Morgan fingerprint density at radius 2 is 1.66 bits per heavy atom. The number of nitrogens with one attached hydrogen (secondary N) is 1. The Hall–Kier alpha value is -3.65. The van der Waals surface area contributed by atoms with Crippen molar-refractivity contribution in [3.8, 4) is 17.2 Å². The molecule has 0 saturated carbocycles.